The molecule has 1 fully saturated rings. The van der Waals surface area contributed by atoms with Crippen molar-refractivity contribution in [3.63, 3.8) is 0 Å². The number of alkyl halides is 1. The van der Waals surface area contributed by atoms with E-state index in [1.54, 1.807) is 0 Å². The number of halogens is 1. The van der Waals surface area contributed by atoms with Crippen molar-refractivity contribution in [3.8, 4) is 0 Å². The Bertz CT molecular complexity index is 560. The van der Waals surface area contributed by atoms with Gasteiger partial charge in [0.2, 0.25) is 0 Å². The van der Waals surface area contributed by atoms with Gasteiger partial charge < -0.3 is 9.30 Å². The van der Waals surface area contributed by atoms with E-state index in [2.05, 4.69) is 29.7 Å². The first-order valence-corrected chi connectivity index (χ1v) is 7.50. The number of imidazole rings is 1. The van der Waals surface area contributed by atoms with Gasteiger partial charge in [0.05, 0.1) is 17.1 Å². The van der Waals surface area contributed by atoms with E-state index in [-0.39, 0.29) is 0 Å². The highest BCUT2D eigenvalue weighted by Gasteiger charge is 2.33. The number of aryl methyl sites for hydroxylation is 1. The first-order chi connectivity index (χ1) is 9.33. The predicted octanol–water partition coefficient (Wildman–Crippen LogP) is 3.56. The molecule has 1 aromatic heterocycles. The summed E-state index contributed by atoms with van der Waals surface area (Å²) in [6, 6.07) is 8.84. The summed E-state index contributed by atoms with van der Waals surface area (Å²) in [4.78, 5) is 4.71. The number of para-hydroxylation sites is 2. The second-order valence-electron chi connectivity index (χ2n) is 5.03. The molecule has 3 rings (SSSR count). The first kappa shape index (κ1) is 12.9. The van der Waals surface area contributed by atoms with E-state index in [1.165, 1.54) is 5.52 Å². The van der Waals surface area contributed by atoms with Crippen LogP contribution in [0.25, 0.3) is 11.0 Å². The van der Waals surface area contributed by atoms with Gasteiger partial charge >= 0.3 is 0 Å². The third-order valence-electron chi connectivity index (χ3n) is 3.82. The van der Waals surface area contributed by atoms with Crippen molar-refractivity contribution in [3.05, 3.63) is 30.1 Å². The number of nitrogens with zero attached hydrogens (tertiary/aromatic N) is 2. The van der Waals surface area contributed by atoms with Gasteiger partial charge in [0.1, 0.15) is 5.82 Å². The molecule has 0 radical (unpaired) electrons. The van der Waals surface area contributed by atoms with Gasteiger partial charge in [-0.3, -0.25) is 0 Å². The van der Waals surface area contributed by atoms with Gasteiger partial charge in [-0.25, -0.2) is 4.98 Å². The average molecular weight is 279 g/mol. The quantitative estimate of drug-likeness (QED) is 0.782. The molecule has 1 aliphatic rings. The van der Waals surface area contributed by atoms with Gasteiger partial charge in [0.15, 0.2) is 0 Å². The summed E-state index contributed by atoms with van der Waals surface area (Å²) in [6.07, 6.45) is 3.42. The van der Waals surface area contributed by atoms with Crippen LogP contribution in [0.1, 0.15) is 31.6 Å². The fraction of sp³-hybridized carbons (Fsp3) is 0.533. The lowest BCUT2D eigenvalue weighted by Crippen LogP contribution is -2.34. The van der Waals surface area contributed by atoms with Gasteiger partial charge in [-0.05, 0) is 31.9 Å². The molecule has 0 aliphatic heterocycles. The number of hydrogen-bond acceptors (Lipinski definition) is 2. The average Bonchev–Trinajstić information content (AvgIpc) is 2.72. The van der Waals surface area contributed by atoms with Crippen molar-refractivity contribution in [1.82, 2.24) is 9.55 Å². The minimum atomic E-state index is 0.417. The summed E-state index contributed by atoms with van der Waals surface area (Å²) in [5.74, 6) is 1.72. The summed E-state index contributed by atoms with van der Waals surface area (Å²) in [5.41, 5.74) is 2.30. The maximum atomic E-state index is 5.90. The van der Waals surface area contributed by atoms with Gasteiger partial charge in [-0.1, -0.05) is 12.1 Å². The Morgan fingerprint density at radius 3 is 2.89 bits per heavy atom. The van der Waals surface area contributed by atoms with Crippen molar-refractivity contribution >= 4 is 22.6 Å². The third-order valence-corrected chi connectivity index (χ3v) is 4.01. The van der Waals surface area contributed by atoms with Gasteiger partial charge in [-0.2, -0.15) is 0 Å². The number of rotatable bonds is 5. The second-order valence-corrected chi connectivity index (χ2v) is 5.41. The molecule has 1 heterocycles. The molecule has 0 N–H and O–H groups in total. The van der Waals surface area contributed by atoms with Gasteiger partial charge in [0.25, 0.3) is 0 Å². The van der Waals surface area contributed by atoms with Crippen LogP contribution in [0.4, 0.5) is 0 Å². The van der Waals surface area contributed by atoms with Crippen LogP contribution in [0, 0.1) is 0 Å². The lowest BCUT2D eigenvalue weighted by molar-refractivity contribution is -0.0192. The van der Waals surface area contributed by atoms with Gasteiger partial charge in [-0.15, -0.1) is 11.6 Å². The zero-order chi connectivity index (χ0) is 13.2. The molecule has 0 atom stereocenters. The molecule has 0 amide bonds. The van der Waals surface area contributed by atoms with Crippen LogP contribution < -0.4 is 0 Å². The highest BCUT2D eigenvalue weighted by molar-refractivity contribution is 6.17. The monoisotopic (exact) mass is 278 g/mol. The Hall–Kier alpha value is -1.06. The second kappa shape index (κ2) is 5.51. The Morgan fingerprint density at radius 1 is 1.37 bits per heavy atom. The molecule has 1 saturated carbocycles. The standard InChI is InChI=1S/C15H19ClN2O/c1-2-19-12-9-11(10-12)18-14-6-4-3-5-13(14)17-15(18)7-8-16/h3-6,11-12H,2,7-10H2,1H3. The van der Waals surface area contributed by atoms with Crippen LogP contribution in [0.2, 0.25) is 0 Å². The van der Waals surface area contributed by atoms with E-state index in [0.717, 1.165) is 37.2 Å². The fourth-order valence-electron chi connectivity index (χ4n) is 2.88. The summed E-state index contributed by atoms with van der Waals surface area (Å²) in [6.45, 7) is 2.86. The number of aromatic nitrogens is 2. The van der Waals surface area contributed by atoms with E-state index in [0.29, 0.717) is 18.0 Å². The topological polar surface area (TPSA) is 27.1 Å². The molecule has 2 aromatic rings. The highest BCUT2D eigenvalue weighted by atomic mass is 35.5. The normalized spacial score (nSPS) is 22.6. The number of ether oxygens (including phenoxy) is 1. The van der Waals surface area contributed by atoms with E-state index < -0.39 is 0 Å². The molecular formula is C15H19ClN2O. The molecular weight excluding hydrogens is 260 g/mol. The van der Waals surface area contributed by atoms with Crippen LogP contribution in [-0.4, -0.2) is 28.1 Å². The van der Waals surface area contributed by atoms with Crippen LogP contribution in [0.15, 0.2) is 24.3 Å². The predicted molar refractivity (Wildman–Crippen MR) is 77.8 cm³/mol. The van der Waals surface area contributed by atoms with Crippen LogP contribution in [0.3, 0.4) is 0 Å². The maximum Gasteiger partial charge on any atom is 0.111 e. The van der Waals surface area contributed by atoms with Crippen LogP contribution in [0.5, 0.6) is 0 Å². The minimum Gasteiger partial charge on any atom is -0.378 e. The number of benzene rings is 1. The highest BCUT2D eigenvalue weighted by Crippen LogP contribution is 2.37. The van der Waals surface area contributed by atoms with E-state index in [4.69, 9.17) is 21.3 Å². The summed E-state index contributed by atoms with van der Waals surface area (Å²) in [5, 5.41) is 0. The molecule has 0 bridgehead atoms. The van der Waals surface area contributed by atoms with Crippen molar-refractivity contribution in [2.75, 3.05) is 12.5 Å². The lowest BCUT2D eigenvalue weighted by Gasteiger charge is -2.37. The van der Waals surface area contributed by atoms with Crippen molar-refractivity contribution in [2.24, 2.45) is 0 Å². The summed E-state index contributed by atoms with van der Waals surface area (Å²) in [7, 11) is 0. The zero-order valence-corrected chi connectivity index (χ0v) is 11.9. The first-order valence-electron chi connectivity index (χ1n) is 6.97. The Balaban J connectivity index is 1.90. The van der Waals surface area contributed by atoms with Crippen LogP contribution in [-0.2, 0) is 11.2 Å². The van der Waals surface area contributed by atoms with Crippen molar-refractivity contribution in [1.29, 1.82) is 0 Å². The third kappa shape index (κ3) is 2.37. The van der Waals surface area contributed by atoms with Crippen LogP contribution >= 0.6 is 11.6 Å². The van der Waals surface area contributed by atoms with E-state index in [9.17, 15) is 0 Å². The minimum absolute atomic E-state index is 0.417. The summed E-state index contributed by atoms with van der Waals surface area (Å²) < 4.78 is 8.03. The van der Waals surface area contributed by atoms with Crippen molar-refractivity contribution < 1.29 is 4.74 Å². The Kier molecular flexibility index (Phi) is 3.76. The van der Waals surface area contributed by atoms with Crippen molar-refractivity contribution in [2.45, 2.75) is 38.3 Å². The molecule has 0 saturated heterocycles. The molecule has 1 aromatic carbocycles. The summed E-state index contributed by atoms with van der Waals surface area (Å²) >= 11 is 5.90. The molecule has 3 nitrogen and oxygen atoms in total. The molecule has 0 spiro atoms. The Labute approximate surface area is 118 Å². The van der Waals surface area contributed by atoms with E-state index >= 15 is 0 Å². The zero-order valence-electron chi connectivity index (χ0n) is 11.2. The number of fused-ring (bicyclic) bond motifs is 1. The Morgan fingerprint density at radius 2 is 2.16 bits per heavy atom. The molecule has 1 aliphatic carbocycles. The largest absolute Gasteiger partial charge is 0.378 e. The lowest BCUT2D eigenvalue weighted by atomic mass is 9.88. The molecule has 102 valence electrons. The molecule has 4 heteroatoms. The smallest absolute Gasteiger partial charge is 0.111 e. The number of hydrogen-bond donors (Lipinski definition) is 0. The SMILES string of the molecule is CCOC1CC(n2c(CCCl)nc3ccccc32)C1. The fourth-order valence-corrected chi connectivity index (χ4v) is 3.05. The maximum absolute atomic E-state index is 5.90. The molecule has 19 heavy (non-hydrogen) atoms. The molecule has 0 unspecified atom stereocenters. The van der Waals surface area contributed by atoms with Gasteiger partial charge in [0, 0.05) is 24.9 Å². The van der Waals surface area contributed by atoms with E-state index in [1.807, 2.05) is 6.07 Å².